The van der Waals surface area contributed by atoms with Gasteiger partial charge in [0.25, 0.3) is 5.89 Å². The summed E-state index contributed by atoms with van der Waals surface area (Å²) in [5, 5.41) is 4.70. The summed E-state index contributed by atoms with van der Waals surface area (Å²) in [5.41, 5.74) is 8.25. The van der Waals surface area contributed by atoms with Crippen LogP contribution < -0.4 is 5.73 Å². The first-order chi connectivity index (χ1) is 10.1. The van der Waals surface area contributed by atoms with E-state index in [1.54, 1.807) is 18.3 Å². The summed E-state index contributed by atoms with van der Waals surface area (Å²) in [5.74, 6) is 0.582. The van der Waals surface area contributed by atoms with Crippen molar-refractivity contribution in [1.29, 1.82) is 0 Å². The number of hydrogen-bond donors (Lipinski definition) is 1. The van der Waals surface area contributed by atoms with E-state index in [0.717, 1.165) is 5.56 Å². The molecule has 3 aromatic rings. The van der Waals surface area contributed by atoms with Crippen molar-refractivity contribution in [2.75, 3.05) is 5.73 Å². The Morgan fingerprint density at radius 3 is 2.67 bits per heavy atom. The molecule has 106 valence electrons. The molecule has 7 heteroatoms. The predicted molar refractivity (Wildman–Crippen MR) is 82.1 cm³/mol. The predicted octanol–water partition coefficient (Wildman–Crippen LogP) is 4.00. The topological polar surface area (TPSA) is 77.8 Å². The summed E-state index contributed by atoms with van der Waals surface area (Å²) in [6.07, 6.45) is 1.67. The largest absolute Gasteiger partial charge is 0.397 e. The molecular formula is C14H10Cl2N4O. The second-order valence-corrected chi connectivity index (χ2v) is 5.22. The lowest BCUT2D eigenvalue weighted by atomic mass is 10.1. The maximum Gasteiger partial charge on any atom is 0.261 e. The minimum Gasteiger partial charge on any atom is -0.397 e. The maximum absolute atomic E-state index is 6.14. The van der Waals surface area contributed by atoms with Crippen molar-refractivity contribution in [3.63, 3.8) is 0 Å². The molecule has 0 aliphatic heterocycles. The van der Waals surface area contributed by atoms with E-state index < -0.39 is 0 Å². The fourth-order valence-corrected chi connectivity index (χ4v) is 2.33. The lowest BCUT2D eigenvalue weighted by molar-refractivity contribution is 0.432. The number of nitrogens with two attached hydrogens (primary N) is 1. The standard InChI is InChI=1S/C14H10Cl2N4O/c1-7-3-2-6-18-12(7)13-19-14(21-20-13)10-8(15)4-5-9(16)11(10)17/h2-6H,17H2,1H3. The Morgan fingerprint density at radius 2 is 1.90 bits per heavy atom. The average molecular weight is 321 g/mol. The van der Waals surface area contributed by atoms with Gasteiger partial charge in [-0.05, 0) is 30.7 Å². The Bertz CT molecular complexity index is 816. The molecule has 0 aliphatic rings. The molecule has 2 N–H and O–H groups in total. The Morgan fingerprint density at radius 1 is 1.14 bits per heavy atom. The van der Waals surface area contributed by atoms with Crippen LogP contribution in [0.2, 0.25) is 10.0 Å². The molecule has 0 amide bonds. The number of anilines is 1. The molecule has 0 unspecified atom stereocenters. The van der Waals surface area contributed by atoms with E-state index in [4.69, 9.17) is 33.5 Å². The van der Waals surface area contributed by atoms with E-state index in [9.17, 15) is 0 Å². The van der Waals surface area contributed by atoms with Gasteiger partial charge in [-0.3, -0.25) is 4.98 Å². The normalized spacial score (nSPS) is 10.8. The number of nitrogen functional groups attached to an aromatic ring is 1. The summed E-state index contributed by atoms with van der Waals surface area (Å²) in [7, 11) is 0. The Labute approximate surface area is 130 Å². The molecule has 0 fully saturated rings. The van der Waals surface area contributed by atoms with Gasteiger partial charge < -0.3 is 10.3 Å². The molecule has 1 aromatic carbocycles. The molecule has 0 saturated heterocycles. The van der Waals surface area contributed by atoms with Gasteiger partial charge in [0, 0.05) is 6.20 Å². The number of halogens is 2. The lowest BCUT2D eigenvalue weighted by Crippen LogP contribution is -1.93. The van der Waals surface area contributed by atoms with Crippen LogP contribution in [-0.2, 0) is 0 Å². The van der Waals surface area contributed by atoms with Gasteiger partial charge in [-0.2, -0.15) is 4.98 Å². The van der Waals surface area contributed by atoms with Crippen molar-refractivity contribution in [3.05, 3.63) is 46.1 Å². The average Bonchev–Trinajstić information content (AvgIpc) is 2.93. The maximum atomic E-state index is 6.14. The SMILES string of the molecule is Cc1cccnc1-c1noc(-c2c(Cl)ccc(Cl)c2N)n1. The van der Waals surface area contributed by atoms with Crippen molar-refractivity contribution in [2.45, 2.75) is 6.92 Å². The van der Waals surface area contributed by atoms with Gasteiger partial charge in [-0.15, -0.1) is 0 Å². The molecule has 0 bridgehead atoms. The van der Waals surface area contributed by atoms with Crippen molar-refractivity contribution >= 4 is 28.9 Å². The summed E-state index contributed by atoms with van der Waals surface area (Å²) in [6.45, 7) is 1.92. The minimum absolute atomic E-state index is 0.208. The highest BCUT2D eigenvalue weighted by atomic mass is 35.5. The van der Waals surface area contributed by atoms with E-state index in [1.165, 1.54) is 0 Å². The van der Waals surface area contributed by atoms with Crippen LogP contribution in [0.5, 0.6) is 0 Å². The summed E-state index contributed by atoms with van der Waals surface area (Å²) in [4.78, 5) is 8.55. The molecular weight excluding hydrogens is 311 g/mol. The molecule has 2 aromatic heterocycles. The third kappa shape index (κ3) is 2.46. The van der Waals surface area contributed by atoms with Gasteiger partial charge in [0.15, 0.2) is 0 Å². The Kier molecular flexibility index (Phi) is 3.53. The van der Waals surface area contributed by atoms with Crippen molar-refractivity contribution in [2.24, 2.45) is 0 Å². The van der Waals surface area contributed by atoms with Crippen molar-refractivity contribution < 1.29 is 4.52 Å². The van der Waals surface area contributed by atoms with Crippen molar-refractivity contribution in [3.8, 4) is 23.0 Å². The highest BCUT2D eigenvalue weighted by Crippen LogP contribution is 2.37. The van der Waals surface area contributed by atoms with Crippen LogP contribution in [-0.4, -0.2) is 15.1 Å². The van der Waals surface area contributed by atoms with Crippen LogP contribution in [0.1, 0.15) is 5.56 Å². The third-order valence-corrected chi connectivity index (χ3v) is 3.65. The van der Waals surface area contributed by atoms with Crippen molar-refractivity contribution in [1.82, 2.24) is 15.1 Å². The number of aryl methyl sites for hydroxylation is 1. The monoisotopic (exact) mass is 320 g/mol. The fraction of sp³-hybridized carbons (Fsp3) is 0.0714. The smallest absolute Gasteiger partial charge is 0.261 e. The number of aromatic nitrogens is 3. The van der Waals surface area contributed by atoms with Crippen LogP contribution in [0.15, 0.2) is 35.0 Å². The van der Waals surface area contributed by atoms with Gasteiger partial charge >= 0.3 is 0 Å². The lowest BCUT2D eigenvalue weighted by Gasteiger charge is -2.04. The number of rotatable bonds is 2. The van der Waals surface area contributed by atoms with Gasteiger partial charge in [0.1, 0.15) is 5.69 Å². The summed E-state index contributed by atoms with van der Waals surface area (Å²) < 4.78 is 5.25. The first kappa shape index (κ1) is 13.9. The zero-order chi connectivity index (χ0) is 15.0. The van der Waals surface area contributed by atoms with E-state index in [0.29, 0.717) is 32.8 Å². The van der Waals surface area contributed by atoms with Crippen LogP contribution in [0.4, 0.5) is 5.69 Å². The van der Waals surface area contributed by atoms with Crippen LogP contribution in [0, 0.1) is 6.92 Å². The van der Waals surface area contributed by atoms with E-state index in [2.05, 4.69) is 15.1 Å². The second-order valence-electron chi connectivity index (χ2n) is 4.41. The van der Waals surface area contributed by atoms with E-state index in [-0.39, 0.29) is 5.89 Å². The van der Waals surface area contributed by atoms with Crippen LogP contribution >= 0.6 is 23.2 Å². The molecule has 0 atom stereocenters. The zero-order valence-corrected chi connectivity index (χ0v) is 12.5. The molecule has 0 aliphatic carbocycles. The number of benzene rings is 1. The van der Waals surface area contributed by atoms with E-state index >= 15 is 0 Å². The Hall–Kier alpha value is -2.11. The number of pyridine rings is 1. The molecule has 0 saturated carbocycles. The van der Waals surface area contributed by atoms with Crippen LogP contribution in [0.25, 0.3) is 23.0 Å². The molecule has 3 rings (SSSR count). The highest BCUT2D eigenvalue weighted by Gasteiger charge is 2.19. The van der Waals surface area contributed by atoms with Gasteiger partial charge in [0.05, 0.1) is 21.3 Å². The second kappa shape index (κ2) is 5.35. The molecule has 5 nitrogen and oxygen atoms in total. The van der Waals surface area contributed by atoms with Gasteiger partial charge in [-0.25, -0.2) is 0 Å². The van der Waals surface area contributed by atoms with Gasteiger partial charge in [-0.1, -0.05) is 34.4 Å². The number of nitrogens with zero attached hydrogens (tertiary/aromatic N) is 3. The summed E-state index contributed by atoms with van der Waals surface area (Å²) >= 11 is 12.1. The minimum atomic E-state index is 0.208. The van der Waals surface area contributed by atoms with E-state index in [1.807, 2.05) is 19.1 Å². The molecule has 2 heterocycles. The van der Waals surface area contributed by atoms with Crippen LogP contribution in [0.3, 0.4) is 0 Å². The number of hydrogen-bond acceptors (Lipinski definition) is 5. The fourth-order valence-electron chi connectivity index (χ4n) is 1.93. The third-order valence-electron chi connectivity index (χ3n) is 3.00. The first-order valence-corrected chi connectivity index (χ1v) is 6.83. The molecule has 0 radical (unpaired) electrons. The van der Waals surface area contributed by atoms with Gasteiger partial charge in [0.2, 0.25) is 5.82 Å². The zero-order valence-electron chi connectivity index (χ0n) is 11.0. The first-order valence-electron chi connectivity index (χ1n) is 6.07. The highest BCUT2D eigenvalue weighted by molar-refractivity contribution is 6.37. The molecule has 0 spiro atoms. The summed E-state index contributed by atoms with van der Waals surface area (Å²) in [6, 6.07) is 7.00. The Balaban J connectivity index is 2.12. The molecule has 21 heavy (non-hydrogen) atoms. The quantitative estimate of drug-likeness (QED) is 0.722.